The summed E-state index contributed by atoms with van der Waals surface area (Å²) in [5, 5.41) is 14.1. The van der Waals surface area contributed by atoms with E-state index in [2.05, 4.69) is 10.2 Å². The zero-order valence-corrected chi connectivity index (χ0v) is 11.9. The van der Waals surface area contributed by atoms with Crippen molar-refractivity contribution in [3.8, 4) is 0 Å². The lowest BCUT2D eigenvalue weighted by molar-refractivity contribution is 0.173. The normalized spacial score (nSPS) is 22.3. The Morgan fingerprint density at radius 2 is 2.28 bits per heavy atom. The topological polar surface area (TPSA) is 35.5 Å². The standard InChI is InChI=1S/C13H18Cl2N2O/c1-16-13(8-17-5-4-10(18)7-17)11-3-2-9(14)6-12(11)15/h2-3,6,10,13,16,18H,4-5,7-8H2,1H3/t10-,13+/m0/s1. The summed E-state index contributed by atoms with van der Waals surface area (Å²) in [5.74, 6) is 0. The third-order valence-electron chi connectivity index (χ3n) is 3.37. The van der Waals surface area contributed by atoms with E-state index >= 15 is 0 Å². The van der Waals surface area contributed by atoms with Crippen molar-refractivity contribution in [2.24, 2.45) is 0 Å². The molecular weight excluding hydrogens is 271 g/mol. The van der Waals surface area contributed by atoms with Crippen molar-refractivity contribution in [3.63, 3.8) is 0 Å². The summed E-state index contributed by atoms with van der Waals surface area (Å²) in [6, 6.07) is 5.73. The predicted octanol–water partition coefficient (Wildman–Crippen LogP) is 2.32. The smallest absolute Gasteiger partial charge is 0.0679 e. The van der Waals surface area contributed by atoms with E-state index in [1.165, 1.54) is 0 Å². The Morgan fingerprint density at radius 1 is 1.50 bits per heavy atom. The van der Waals surface area contributed by atoms with Gasteiger partial charge in [-0.05, 0) is 31.2 Å². The summed E-state index contributed by atoms with van der Waals surface area (Å²) in [6.07, 6.45) is 0.660. The molecule has 0 aromatic heterocycles. The lowest BCUT2D eigenvalue weighted by Crippen LogP contribution is -2.33. The van der Waals surface area contributed by atoms with Gasteiger partial charge in [0.1, 0.15) is 0 Å². The fraction of sp³-hybridized carbons (Fsp3) is 0.538. The maximum absolute atomic E-state index is 9.54. The largest absolute Gasteiger partial charge is 0.392 e. The van der Waals surface area contributed by atoms with Crippen molar-refractivity contribution >= 4 is 23.2 Å². The Balaban J connectivity index is 2.08. The second-order valence-corrected chi connectivity index (χ2v) is 5.55. The summed E-state index contributed by atoms with van der Waals surface area (Å²) in [5.41, 5.74) is 1.05. The number of halogens is 2. The van der Waals surface area contributed by atoms with Crippen LogP contribution in [0.15, 0.2) is 18.2 Å². The van der Waals surface area contributed by atoms with Crippen molar-refractivity contribution in [2.45, 2.75) is 18.6 Å². The molecule has 0 aliphatic carbocycles. The number of hydrogen-bond donors (Lipinski definition) is 2. The number of aliphatic hydroxyl groups is 1. The molecule has 2 N–H and O–H groups in total. The Bertz CT molecular complexity index is 414. The molecule has 1 aliphatic rings. The number of β-amino-alcohol motifs (C(OH)–C–C–N with tert-alkyl or cyclic N) is 1. The molecule has 2 rings (SSSR count). The molecule has 1 saturated heterocycles. The molecule has 18 heavy (non-hydrogen) atoms. The summed E-state index contributed by atoms with van der Waals surface area (Å²) in [7, 11) is 1.92. The van der Waals surface area contributed by atoms with E-state index in [1.54, 1.807) is 6.07 Å². The fourth-order valence-corrected chi connectivity index (χ4v) is 2.91. The van der Waals surface area contributed by atoms with Gasteiger partial charge in [-0.3, -0.25) is 4.90 Å². The third kappa shape index (κ3) is 3.37. The maximum Gasteiger partial charge on any atom is 0.0679 e. The molecule has 1 fully saturated rings. The summed E-state index contributed by atoms with van der Waals surface area (Å²) in [4.78, 5) is 2.25. The van der Waals surface area contributed by atoms with Crippen LogP contribution in [0.4, 0.5) is 0 Å². The van der Waals surface area contributed by atoms with Crippen LogP contribution in [-0.4, -0.2) is 42.8 Å². The molecule has 1 aromatic rings. The monoisotopic (exact) mass is 288 g/mol. The number of likely N-dealkylation sites (tertiary alicyclic amines) is 1. The highest BCUT2D eigenvalue weighted by Crippen LogP contribution is 2.27. The van der Waals surface area contributed by atoms with Crippen LogP contribution in [0.5, 0.6) is 0 Å². The second-order valence-electron chi connectivity index (χ2n) is 4.71. The minimum Gasteiger partial charge on any atom is -0.392 e. The lowest BCUT2D eigenvalue weighted by atomic mass is 10.1. The number of benzene rings is 1. The van der Waals surface area contributed by atoms with Gasteiger partial charge in [-0.1, -0.05) is 29.3 Å². The SMILES string of the molecule is CN[C@H](CN1CC[C@H](O)C1)c1ccc(Cl)cc1Cl. The van der Waals surface area contributed by atoms with E-state index in [0.29, 0.717) is 10.0 Å². The average Bonchev–Trinajstić information content (AvgIpc) is 2.72. The van der Waals surface area contributed by atoms with Crippen molar-refractivity contribution in [3.05, 3.63) is 33.8 Å². The fourth-order valence-electron chi connectivity index (χ4n) is 2.37. The third-order valence-corrected chi connectivity index (χ3v) is 3.94. The Morgan fingerprint density at radius 3 is 2.83 bits per heavy atom. The van der Waals surface area contributed by atoms with Crippen LogP contribution in [0, 0.1) is 0 Å². The number of hydrogen-bond acceptors (Lipinski definition) is 3. The first-order valence-electron chi connectivity index (χ1n) is 6.12. The molecule has 0 radical (unpaired) electrons. The van der Waals surface area contributed by atoms with Crippen molar-refractivity contribution < 1.29 is 5.11 Å². The highest BCUT2D eigenvalue weighted by atomic mass is 35.5. The molecule has 1 heterocycles. The molecule has 0 amide bonds. The van der Waals surface area contributed by atoms with Crippen molar-refractivity contribution in [1.29, 1.82) is 0 Å². The van der Waals surface area contributed by atoms with Gasteiger partial charge in [0.25, 0.3) is 0 Å². The summed E-state index contributed by atoms with van der Waals surface area (Å²) < 4.78 is 0. The molecule has 3 nitrogen and oxygen atoms in total. The Labute approximate surface area is 118 Å². The van der Waals surface area contributed by atoms with Crippen LogP contribution in [0.2, 0.25) is 10.0 Å². The van der Waals surface area contributed by atoms with Gasteiger partial charge < -0.3 is 10.4 Å². The minimum atomic E-state index is -0.191. The van der Waals surface area contributed by atoms with Gasteiger partial charge in [0, 0.05) is 35.7 Å². The van der Waals surface area contributed by atoms with E-state index in [-0.39, 0.29) is 12.1 Å². The van der Waals surface area contributed by atoms with E-state index in [1.807, 2.05) is 19.2 Å². The number of rotatable bonds is 4. The summed E-state index contributed by atoms with van der Waals surface area (Å²) in [6.45, 7) is 2.52. The van der Waals surface area contributed by atoms with Gasteiger partial charge in [0.2, 0.25) is 0 Å². The maximum atomic E-state index is 9.54. The number of nitrogens with zero attached hydrogens (tertiary/aromatic N) is 1. The average molecular weight is 289 g/mol. The van der Waals surface area contributed by atoms with Crippen LogP contribution >= 0.6 is 23.2 Å². The van der Waals surface area contributed by atoms with Crippen LogP contribution < -0.4 is 5.32 Å². The van der Waals surface area contributed by atoms with Crippen molar-refractivity contribution in [1.82, 2.24) is 10.2 Å². The number of likely N-dealkylation sites (N-methyl/N-ethyl adjacent to an activating group) is 1. The van der Waals surface area contributed by atoms with Gasteiger partial charge in [-0.15, -0.1) is 0 Å². The number of aliphatic hydroxyl groups excluding tert-OH is 1. The predicted molar refractivity (Wildman–Crippen MR) is 75.3 cm³/mol. The van der Waals surface area contributed by atoms with Crippen LogP contribution in [0.25, 0.3) is 0 Å². The first-order valence-corrected chi connectivity index (χ1v) is 6.88. The highest BCUT2D eigenvalue weighted by molar-refractivity contribution is 6.35. The quantitative estimate of drug-likeness (QED) is 0.893. The molecule has 0 bridgehead atoms. The minimum absolute atomic E-state index is 0.153. The number of nitrogens with one attached hydrogen (secondary N) is 1. The van der Waals surface area contributed by atoms with Crippen LogP contribution in [-0.2, 0) is 0 Å². The van der Waals surface area contributed by atoms with Crippen molar-refractivity contribution in [2.75, 3.05) is 26.7 Å². The van der Waals surface area contributed by atoms with Gasteiger partial charge >= 0.3 is 0 Å². The lowest BCUT2D eigenvalue weighted by Gasteiger charge is -2.24. The highest BCUT2D eigenvalue weighted by Gasteiger charge is 2.24. The molecule has 0 saturated carbocycles. The zero-order valence-electron chi connectivity index (χ0n) is 10.4. The van der Waals surface area contributed by atoms with Gasteiger partial charge in [0.15, 0.2) is 0 Å². The van der Waals surface area contributed by atoms with Gasteiger partial charge in [0.05, 0.1) is 6.10 Å². The second kappa shape index (κ2) is 6.22. The van der Waals surface area contributed by atoms with E-state index in [9.17, 15) is 5.11 Å². The van der Waals surface area contributed by atoms with Crippen LogP contribution in [0.1, 0.15) is 18.0 Å². The first-order chi connectivity index (χ1) is 8.60. The Hall–Kier alpha value is -0.320. The van der Waals surface area contributed by atoms with E-state index < -0.39 is 0 Å². The summed E-state index contributed by atoms with van der Waals surface area (Å²) >= 11 is 12.1. The van der Waals surface area contributed by atoms with Gasteiger partial charge in [-0.2, -0.15) is 0 Å². The van der Waals surface area contributed by atoms with E-state index in [0.717, 1.165) is 31.6 Å². The molecule has 100 valence electrons. The first kappa shape index (κ1) is 14.1. The molecule has 1 aliphatic heterocycles. The molecule has 2 atom stereocenters. The van der Waals surface area contributed by atoms with E-state index in [4.69, 9.17) is 23.2 Å². The zero-order chi connectivity index (χ0) is 13.1. The van der Waals surface area contributed by atoms with Gasteiger partial charge in [-0.25, -0.2) is 0 Å². The molecule has 1 aromatic carbocycles. The molecule has 0 spiro atoms. The van der Waals surface area contributed by atoms with Crippen LogP contribution in [0.3, 0.4) is 0 Å². The Kier molecular flexibility index (Phi) is 4.87. The molecular formula is C13H18Cl2N2O. The molecule has 0 unspecified atom stereocenters. The molecule has 5 heteroatoms.